The molecule has 1 N–H and O–H groups in total. The summed E-state index contributed by atoms with van der Waals surface area (Å²) in [6.45, 7) is 11.6. The standard InChI is InChI=1S/C46H61N5/c1-5-16-39(17-6-1)18-13-14-27-48-30-31-51(37-45(48)33-41-21-9-3-10-22-41)46(34-42-23-11-4-12-24-42)38-49-28-15-25-43(49)36-50-29-26-47-35-44(50)32-40-19-7-2-8-20-40/h1-12,16-17,19-24,43-47H,13-15,18,25-38H2/t43?,44-,45-,46-/m0/s1. The second kappa shape index (κ2) is 19.0. The molecular formula is C46H61N5. The van der Waals surface area contributed by atoms with Crippen LogP contribution in [0.1, 0.15) is 47.9 Å². The van der Waals surface area contributed by atoms with E-state index in [0.29, 0.717) is 24.2 Å². The van der Waals surface area contributed by atoms with E-state index in [0.717, 1.165) is 52.0 Å². The van der Waals surface area contributed by atoms with E-state index < -0.39 is 0 Å². The number of rotatable bonds is 16. The molecule has 0 aliphatic carbocycles. The largest absolute Gasteiger partial charge is 0.314 e. The minimum atomic E-state index is 0.523. The highest BCUT2D eigenvalue weighted by atomic mass is 15.3. The Kier molecular flexibility index (Phi) is 13.4. The van der Waals surface area contributed by atoms with Gasteiger partial charge in [0.25, 0.3) is 0 Å². The maximum atomic E-state index is 3.71. The van der Waals surface area contributed by atoms with Crippen LogP contribution in [0, 0.1) is 0 Å². The average Bonchev–Trinajstić information content (AvgIpc) is 3.62. The minimum Gasteiger partial charge on any atom is -0.314 e. The topological polar surface area (TPSA) is 25.0 Å². The van der Waals surface area contributed by atoms with Crippen molar-refractivity contribution in [2.45, 2.75) is 75.5 Å². The highest BCUT2D eigenvalue weighted by Gasteiger charge is 2.35. The minimum absolute atomic E-state index is 0.523. The first kappa shape index (κ1) is 36.1. The van der Waals surface area contributed by atoms with E-state index in [4.69, 9.17) is 0 Å². The smallest absolute Gasteiger partial charge is 0.0264 e. The zero-order valence-corrected chi connectivity index (χ0v) is 30.9. The number of hydrogen-bond donors (Lipinski definition) is 1. The fourth-order valence-corrected chi connectivity index (χ4v) is 9.12. The molecule has 0 radical (unpaired) electrons. The summed E-state index contributed by atoms with van der Waals surface area (Å²) in [7, 11) is 0. The van der Waals surface area contributed by atoms with Crippen LogP contribution in [0.15, 0.2) is 121 Å². The first-order valence-electron chi connectivity index (χ1n) is 20.1. The zero-order chi connectivity index (χ0) is 34.5. The molecule has 4 atom stereocenters. The quantitative estimate of drug-likeness (QED) is 0.131. The first-order chi connectivity index (χ1) is 25.3. The molecule has 0 bridgehead atoms. The lowest BCUT2D eigenvalue weighted by Gasteiger charge is -2.46. The molecule has 51 heavy (non-hydrogen) atoms. The Hall–Kier alpha value is -3.32. The second-order valence-electron chi connectivity index (χ2n) is 15.5. The third kappa shape index (κ3) is 10.6. The van der Waals surface area contributed by atoms with Crippen molar-refractivity contribution in [2.24, 2.45) is 0 Å². The molecule has 3 aliphatic rings. The van der Waals surface area contributed by atoms with Crippen molar-refractivity contribution < 1.29 is 0 Å². The summed E-state index contributed by atoms with van der Waals surface area (Å²) in [6.07, 6.45) is 9.75. The molecule has 0 aromatic heterocycles. The van der Waals surface area contributed by atoms with Crippen LogP contribution in [-0.2, 0) is 25.7 Å². The number of nitrogens with zero attached hydrogens (tertiary/aromatic N) is 4. The Morgan fingerprint density at radius 3 is 1.88 bits per heavy atom. The van der Waals surface area contributed by atoms with E-state index in [1.165, 1.54) is 87.1 Å². The molecule has 3 fully saturated rings. The van der Waals surface area contributed by atoms with E-state index in [-0.39, 0.29) is 0 Å². The maximum Gasteiger partial charge on any atom is 0.0264 e. The van der Waals surface area contributed by atoms with Crippen LogP contribution in [0.5, 0.6) is 0 Å². The average molecular weight is 684 g/mol. The molecule has 5 nitrogen and oxygen atoms in total. The van der Waals surface area contributed by atoms with Crippen molar-refractivity contribution >= 4 is 0 Å². The predicted octanol–water partition coefficient (Wildman–Crippen LogP) is 6.83. The van der Waals surface area contributed by atoms with Gasteiger partial charge in [0.05, 0.1) is 0 Å². The summed E-state index contributed by atoms with van der Waals surface area (Å²) in [6, 6.07) is 47.1. The van der Waals surface area contributed by atoms with Crippen molar-refractivity contribution in [3.63, 3.8) is 0 Å². The SMILES string of the molecule is c1ccc(CCCCN2CCN([C@@H](Cc3ccccc3)CN3CCCC3CN3CCNC[C@@H]3Cc3ccccc3)C[C@@H]2Cc2ccccc2)cc1. The van der Waals surface area contributed by atoms with E-state index in [1.54, 1.807) is 0 Å². The summed E-state index contributed by atoms with van der Waals surface area (Å²) >= 11 is 0. The lowest BCUT2D eigenvalue weighted by Crippen LogP contribution is -2.60. The zero-order valence-electron chi connectivity index (χ0n) is 30.9. The Morgan fingerprint density at radius 2 is 1.20 bits per heavy atom. The first-order valence-corrected chi connectivity index (χ1v) is 20.1. The Labute approximate surface area is 308 Å². The molecule has 4 aromatic carbocycles. The third-order valence-corrected chi connectivity index (χ3v) is 12.0. The van der Waals surface area contributed by atoms with Gasteiger partial charge in [0, 0.05) is 76.5 Å². The fourth-order valence-electron chi connectivity index (χ4n) is 9.12. The summed E-state index contributed by atoms with van der Waals surface area (Å²) in [4.78, 5) is 11.5. The Balaban J connectivity index is 1.03. The van der Waals surface area contributed by atoms with E-state index in [1.807, 2.05) is 0 Å². The second-order valence-corrected chi connectivity index (χ2v) is 15.5. The normalized spacial score (nSPS) is 23.0. The summed E-state index contributed by atoms with van der Waals surface area (Å²) < 4.78 is 0. The van der Waals surface area contributed by atoms with Gasteiger partial charge in [-0.2, -0.15) is 0 Å². The Morgan fingerprint density at radius 1 is 0.569 bits per heavy atom. The van der Waals surface area contributed by atoms with Gasteiger partial charge in [-0.15, -0.1) is 0 Å². The van der Waals surface area contributed by atoms with Crippen LogP contribution in [0.3, 0.4) is 0 Å². The van der Waals surface area contributed by atoms with Crippen LogP contribution in [-0.4, -0.2) is 109 Å². The molecule has 0 amide bonds. The Bertz CT molecular complexity index is 1530. The predicted molar refractivity (Wildman–Crippen MR) is 213 cm³/mol. The third-order valence-electron chi connectivity index (χ3n) is 12.0. The van der Waals surface area contributed by atoms with Gasteiger partial charge in [0.15, 0.2) is 0 Å². The lowest BCUT2D eigenvalue weighted by molar-refractivity contribution is 0.0287. The van der Waals surface area contributed by atoms with Crippen molar-refractivity contribution in [3.8, 4) is 0 Å². The number of benzene rings is 4. The van der Waals surface area contributed by atoms with Crippen molar-refractivity contribution in [1.82, 2.24) is 24.9 Å². The van der Waals surface area contributed by atoms with E-state index in [9.17, 15) is 0 Å². The van der Waals surface area contributed by atoms with Gasteiger partial charge in [-0.05, 0) is 86.7 Å². The number of aryl methyl sites for hydroxylation is 1. The molecule has 4 aromatic rings. The molecule has 3 heterocycles. The van der Waals surface area contributed by atoms with Crippen LogP contribution in [0.25, 0.3) is 0 Å². The van der Waals surface area contributed by atoms with Crippen LogP contribution < -0.4 is 5.32 Å². The lowest BCUT2D eigenvalue weighted by atomic mass is 9.97. The van der Waals surface area contributed by atoms with Gasteiger partial charge < -0.3 is 5.32 Å². The highest BCUT2D eigenvalue weighted by molar-refractivity contribution is 5.19. The van der Waals surface area contributed by atoms with Crippen molar-refractivity contribution in [3.05, 3.63) is 144 Å². The van der Waals surface area contributed by atoms with Gasteiger partial charge in [0.2, 0.25) is 0 Å². The van der Waals surface area contributed by atoms with Crippen LogP contribution in [0.2, 0.25) is 0 Å². The highest BCUT2D eigenvalue weighted by Crippen LogP contribution is 2.25. The van der Waals surface area contributed by atoms with Crippen molar-refractivity contribution in [1.29, 1.82) is 0 Å². The molecule has 1 unspecified atom stereocenters. The van der Waals surface area contributed by atoms with Gasteiger partial charge in [-0.3, -0.25) is 19.6 Å². The monoisotopic (exact) mass is 683 g/mol. The number of hydrogen-bond acceptors (Lipinski definition) is 5. The number of nitrogens with one attached hydrogen (secondary N) is 1. The molecule has 0 saturated carbocycles. The summed E-state index contributed by atoms with van der Waals surface area (Å²) in [5.41, 5.74) is 5.88. The van der Waals surface area contributed by atoms with Gasteiger partial charge in [-0.25, -0.2) is 0 Å². The van der Waals surface area contributed by atoms with Gasteiger partial charge in [-0.1, -0.05) is 121 Å². The molecule has 5 heteroatoms. The fraction of sp³-hybridized carbons (Fsp3) is 0.478. The molecule has 3 aliphatic heterocycles. The maximum absolute atomic E-state index is 3.71. The van der Waals surface area contributed by atoms with E-state index in [2.05, 4.69) is 146 Å². The van der Waals surface area contributed by atoms with Gasteiger partial charge in [0.1, 0.15) is 0 Å². The molecular weight excluding hydrogens is 623 g/mol. The van der Waals surface area contributed by atoms with E-state index >= 15 is 0 Å². The van der Waals surface area contributed by atoms with Crippen LogP contribution in [0.4, 0.5) is 0 Å². The van der Waals surface area contributed by atoms with Crippen LogP contribution >= 0.6 is 0 Å². The molecule has 3 saturated heterocycles. The number of unbranched alkanes of at least 4 members (excludes halogenated alkanes) is 1. The summed E-state index contributed by atoms with van der Waals surface area (Å²) in [5.74, 6) is 0. The number of piperazine rings is 2. The molecule has 7 rings (SSSR count). The molecule has 270 valence electrons. The van der Waals surface area contributed by atoms with Gasteiger partial charge >= 0.3 is 0 Å². The molecule has 0 spiro atoms. The van der Waals surface area contributed by atoms with Crippen molar-refractivity contribution in [2.75, 3.05) is 65.4 Å². The summed E-state index contributed by atoms with van der Waals surface area (Å²) in [5, 5.41) is 3.71. The number of likely N-dealkylation sites (tertiary alicyclic amines) is 1.